The van der Waals surface area contributed by atoms with E-state index in [1.54, 1.807) is 35.0 Å². The normalized spacial score (nSPS) is 11.0. The SMILES string of the molecule is Cc1cc(=O)oc2cc(C(=O)Nc3ccc4scnc4c3)ccc12. The molecule has 4 rings (SSSR count). The molecule has 6 heteroatoms. The second-order valence-electron chi connectivity index (χ2n) is 5.45. The van der Waals surface area contributed by atoms with Gasteiger partial charge in [0.15, 0.2) is 0 Å². The Morgan fingerprint density at radius 1 is 1.17 bits per heavy atom. The zero-order valence-corrected chi connectivity index (χ0v) is 13.5. The molecular weight excluding hydrogens is 324 g/mol. The number of aromatic nitrogens is 1. The minimum absolute atomic E-state index is 0.268. The zero-order valence-electron chi connectivity index (χ0n) is 12.7. The highest BCUT2D eigenvalue weighted by atomic mass is 32.1. The number of benzene rings is 2. The van der Waals surface area contributed by atoms with Gasteiger partial charge >= 0.3 is 5.63 Å². The minimum Gasteiger partial charge on any atom is -0.423 e. The van der Waals surface area contributed by atoms with Crippen LogP contribution in [0.1, 0.15) is 15.9 Å². The van der Waals surface area contributed by atoms with Crippen LogP contribution in [-0.2, 0) is 0 Å². The Balaban J connectivity index is 1.68. The molecule has 24 heavy (non-hydrogen) atoms. The van der Waals surface area contributed by atoms with Crippen LogP contribution in [0, 0.1) is 6.92 Å². The van der Waals surface area contributed by atoms with Crippen molar-refractivity contribution in [1.29, 1.82) is 0 Å². The largest absolute Gasteiger partial charge is 0.423 e. The topological polar surface area (TPSA) is 72.2 Å². The Morgan fingerprint density at radius 3 is 2.92 bits per heavy atom. The molecule has 0 saturated carbocycles. The van der Waals surface area contributed by atoms with E-state index in [1.807, 2.05) is 25.1 Å². The molecule has 2 aromatic heterocycles. The van der Waals surface area contributed by atoms with Gasteiger partial charge in [0.1, 0.15) is 5.58 Å². The van der Waals surface area contributed by atoms with Crippen molar-refractivity contribution in [2.45, 2.75) is 6.92 Å². The third-order valence-corrected chi connectivity index (χ3v) is 4.61. The number of thiazole rings is 1. The molecule has 4 aromatic rings. The van der Waals surface area contributed by atoms with Gasteiger partial charge < -0.3 is 9.73 Å². The maximum absolute atomic E-state index is 12.5. The lowest BCUT2D eigenvalue weighted by Crippen LogP contribution is -2.12. The molecule has 0 aliphatic carbocycles. The lowest BCUT2D eigenvalue weighted by atomic mass is 10.1. The summed E-state index contributed by atoms with van der Waals surface area (Å²) in [6.45, 7) is 1.84. The number of aryl methyl sites for hydroxylation is 1. The van der Waals surface area contributed by atoms with Gasteiger partial charge in [-0.05, 0) is 42.8 Å². The van der Waals surface area contributed by atoms with Crippen LogP contribution in [0.5, 0.6) is 0 Å². The van der Waals surface area contributed by atoms with E-state index in [2.05, 4.69) is 10.3 Å². The van der Waals surface area contributed by atoms with Gasteiger partial charge in [0.25, 0.3) is 5.91 Å². The number of hydrogen-bond donors (Lipinski definition) is 1. The minimum atomic E-state index is -0.424. The quantitative estimate of drug-likeness (QED) is 0.562. The highest BCUT2D eigenvalue weighted by Gasteiger charge is 2.10. The lowest BCUT2D eigenvalue weighted by Gasteiger charge is -2.07. The molecule has 0 saturated heterocycles. The standard InChI is InChI=1S/C18H12N2O3S/c1-10-6-17(21)23-15-7-11(2-4-13(10)15)18(22)20-12-3-5-16-14(8-12)19-9-24-16/h2-9H,1H3,(H,20,22). The number of anilines is 1. The van der Waals surface area contributed by atoms with Gasteiger partial charge in [-0.3, -0.25) is 4.79 Å². The van der Waals surface area contributed by atoms with Crippen molar-refractivity contribution in [3.63, 3.8) is 0 Å². The molecule has 0 bridgehead atoms. The first-order valence-corrected chi connectivity index (χ1v) is 8.17. The van der Waals surface area contributed by atoms with Gasteiger partial charge in [0.2, 0.25) is 0 Å². The number of fused-ring (bicyclic) bond motifs is 2. The van der Waals surface area contributed by atoms with Crippen molar-refractivity contribution >= 4 is 44.1 Å². The monoisotopic (exact) mass is 336 g/mol. The summed E-state index contributed by atoms with van der Waals surface area (Å²) in [4.78, 5) is 28.2. The average Bonchev–Trinajstić information content (AvgIpc) is 3.01. The summed E-state index contributed by atoms with van der Waals surface area (Å²) in [6, 6.07) is 12.1. The summed E-state index contributed by atoms with van der Waals surface area (Å²) in [5.74, 6) is -0.268. The van der Waals surface area contributed by atoms with Crippen molar-refractivity contribution in [2.75, 3.05) is 5.32 Å². The second kappa shape index (κ2) is 5.58. The number of amides is 1. The Kier molecular flexibility index (Phi) is 3.39. The predicted molar refractivity (Wildman–Crippen MR) is 94.8 cm³/mol. The van der Waals surface area contributed by atoms with Crippen molar-refractivity contribution in [3.8, 4) is 0 Å². The first kappa shape index (κ1) is 14.6. The summed E-state index contributed by atoms with van der Waals surface area (Å²) < 4.78 is 6.25. The molecule has 2 heterocycles. The molecule has 5 nitrogen and oxygen atoms in total. The third-order valence-electron chi connectivity index (χ3n) is 3.80. The summed E-state index contributed by atoms with van der Waals surface area (Å²) in [7, 11) is 0. The third kappa shape index (κ3) is 2.57. The fraction of sp³-hybridized carbons (Fsp3) is 0.0556. The highest BCUT2D eigenvalue weighted by Crippen LogP contribution is 2.23. The van der Waals surface area contributed by atoms with Gasteiger partial charge in [-0.25, -0.2) is 9.78 Å². The van der Waals surface area contributed by atoms with E-state index >= 15 is 0 Å². The number of nitrogens with zero attached hydrogens (tertiary/aromatic N) is 1. The Bertz CT molecular complexity index is 1140. The molecule has 1 amide bonds. The number of carbonyl (C=O) groups excluding carboxylic acids is 1. The summed E-state index contributed by atoms with van der Waals surface area (Å²) >= 11 is 1.55. The van der Waals surface area contributed by atoms with Crippen molar-refractivity contribution in [1.82, 2.24) is 4.98 Å². The fourth-order valence-electron chi connectivity index (χ4n) is 2.61. The van der Waals surface area contributed by atoms with Crippen molar-refractivity contribution in [2.24, 2.45) is 0 Å². The molecule has 0 spiro atoms. The van der Waals surface area contributed by atoms with Crippen molar-refractivity contribution < 1.29 is 9.21 Å². The van der Waals surface area contributed by atoms with Crippen LogP contribution < -0.4 is 10.9 Å². The first-order valence-electron chi connectivity index (χ1n) is 7.29. The van der Waals surface area contributed by atoms with Crippen LogP contribution in [0.3, 0.4) is 0 Å². The smallest absolute Gasteiger partial charge is 0.336 e. The van der Waals surface area contributed by atoms with Gasteiger partial charge in [0, 0.05) is 22.7 Å². The number of rotatable bonds is 2. The Hall–Kier alpha value is -2.99. The maximum atomic E-state index is 12.5. The van der Waals surface area contributed by atoms with Crippen molar-refractivity contribution in [3.05, 3.63) is 69.5 Å². The first-order chi connectivity index (χ1) is 11.6. The molecule has 2 aromatic carbocycles. The molecule has 0 radical (unpaired) electrons. The van der Waals surface area contributed by atoms with Crippen LogP contribution in [0.15, 0.2) is 57.2 Å². The number of nitrogens with one attached hydrogen (secondary N) is 1. The molecule has 1 N–H and O–H groups in total. The number of carbonyl (C=O) groups is 1. The van der Waals surface area contributed by atoms with Crippen LogP contribution in [0.4, 0.5) is 5.69 Å². The molecule has 0 unspecified atom stereocenters. The van der Waals surface area contributed by atoms with Crippen LogP contribution in [0.2, 0.25) is 0 Å². The van der Waals surface area contributed by atoms with Gasteiger partial charge in [0.05, 0.1) is 15.7 Å². The molecular formula is C18H12N2O3S. The predicted octanol–water partition coefficient (Wildman–Crippen LogP) is 3.96. The van der Waals surface area contributed by atoms with Gasteiger partial charge in [-0.1, -0.05) is 6.07 Å². The fourth-order valence-corrected chi connectivity index (χ4v) is 3.26. The molecule has 0 aliphatic heterocycles. The van der Waals surface area contributed by atoms with E-state index in [1.165, 1.54) is 6.07 Å². The summed E-state index contributed by atoms with van der Waals surface area (Å²) in [5.41, 5.74) is 4.51. The molecule has 118 valence electrons. The zero-order chi connectivity index (χ0) is 16.7. The van der Waals surface area contributed by atoms with Crippen LogP contribution in [-0.4, -0.2) is 10.9 Å². The van der Waals surface area contributed by atoms with Gasteiger partial charge in [-0.2, -0.15) is 0 Å². The molecule has 0 atom stereocenters. The Labute approximate surface area is 140 Å². The molecule has 0 fully saturated rings. The second-order valence-corrected chi connectivity index (χ2v) is 6.33. The molecule has 0 aliphatic rings. The number of hydrogen-bond acceptors (Lipinski definition) is 5. The summed E-state index contributed by atoms with van der Waals surface area (Å²) in [6.07, 6.45) is 0. The highest BCUT2D eigenvalue weighted by molar-refractivity contribution is 7.16. The van der Waals surface area contributed by atoms with E-state index in [-0.39, 0.29) is 5.91 Å². The summed E-state index contributed by atoms with van der Waals surface area (Å²) in [5, 5.41) is 3.65. The van der Waals surface area contributed by atoms with E-state index in [9.17, 15) is 9.59 Å². The van der Waals surface area contributed by atoms with Crippen LogP contribution >= 0.6 is 11.3 Å². The lowest BCUT2D eigenvalue weighted by molar-refractivity contribution is 0.102. The maximum Gasteiger partial charge on any atom is 0.336 e. The van der Waals surface area contributed by atoms with E-state index < -0.39 is 5.63 Å². The van der Waals surface area contributed by atoms with Gasteiger partial charge in [-0.15, -0.1) is 11.3 Å². The van der Waals surface area contributed by atoms with E-state index in [0.29, 0.717) is 16.8 Å². The Morgan fingerprint density at radius 2 is 2.04 bits per heavy atom. The van der Waals surface area contributed by atoms with E-state index in [0.717, 1.165) is 21.2 Å². The van der Waals surface area contributed by atoms with E-state index in [4.69, 9.17) is 4.42 Å². The average molecular weight is 336 g/mol. The van der Waals surface area contributed by atoms with Crippen LogP contribution in [0.25, 0.3) is 21.2 Å².